The van der Waals surface area contributed by atoms with Crippen molar-refractivity contribution in [2.24, 2.45) is 0 Å². The lowest BCUT2D eigenvalue weighted by molar-refractivity contribution is -0.155. The molecule has 0 spiro atoms. The quantitative estimate of drug-likeness (QED) is 0.615. The average Bonchev–Trinajstić information content (AvgIpc) is 2.44. The summed E-state index contributed by atoms with van der Waals surface area (Å²) in [6.45, 7) is 5.18. The molecule has 1 rings (SSSR count). The molecule has 1 aromatic carbocycles. The SMILES string of the molecule is COC(=O)/C(=C/c1ccc(OC)c(F)c1)CC(=O)OC(C)(C)C. The van der Waals surface area contributed by atoms with Gasteiger partial charge in [-0.2, -0.15) is 0 Å². The summed E-state index contributed by atoms with van der Waals surface area (Å²) in [5.74, 6) is -1.72. The van der Waals surface area contributed by atoms with E-state index in [0.717, 1.165) is 0 Å². The van der Waals surface area contributed by atoms with Gasteiger partial charge in [0.1, 0.15) is 5.60 Å². The topological polar surface area (TPSA) is 61.8 Å². The van der Waals surface area contributed by atoms with Crippen LogP contribution in [-0.4, -0.2) is 31.8 Å². The van der Waals surface area contributed by atoms with Crippen LogP contribution in [0.1, 0.15) is 32.8 Å². The molecule has 0 saturated carbocycles. The number of hydrogen-bond acceptors (Lipinski definition) is 5. The molecular weight excluding hydrogens is 303 g/mol. The van der Waals surface area contributed by atoms with E-state index in [1.807, 2.05) is 0 Å². The molecule has 1 aromatic rings. The van der Waals surface area contributed by atoms with Gasteiger partial charge in [-0.3, -0.25) is 4.79 Å². The molecular formula is C17H21FO5. The molecule has 0 unspecified atom stereocenters. The Morgan fingerprint density at radius 2 is 1.87 bits per heavy atom. The average molecular weight is 324 g/mol. The van der Waals surface area contributed by atoms with Crippen molar-refractivity contribution in [2.75, 3.05) is 14.2 Å². The summed E-state index contributed by atoms with van der Waals surface area (Å²) in [4.78, 5) is 23.7. The first kappa shape index (κ1) is 18.7. The number of carbonyl (C=O) groups is 2. The van der Waals surface area contributed by atoms with E-state index >= 15 is 0 Å². The molecule has 0 aliphatic rings. The van der Waals surface area contributed by atoms with E-state index < -0.39 is 23.4 Å². The summed E-state index contributed by atoms with van der Waals surface area (Å²) in [5, 5.41) is 0. The highest BCUT2D eigenvalue weighted by Crippen LogP contribution is 2.21. The number of benzene rings is 1. The molecule has 0 aliphatic heterocycles. The fraction of sp³-hybridized carbons (Fsp3) is 0.412. The third-order valence-electron chi connectivity index (χ3n) is 2.72. The van der Waals surface area contributed by atoms with Crippen LogP contribution < -0.4 is 4.74 Å². The highest BCUT2D eigenvalue weighted by atomic mass is 19.1. The van der Waals surface area contributed by atoms with Gasteiger partial charge in [-0.25, -0.2) is 9.18 Å². The molecule has 23 heavy (non-hydrogen) atoms. The van der Waals surface area contributed by atoms with Crippen LogP contribution in [0.25, 0.3) is 6.08 Å². The number of hydrogen-bond donors (Lipinski definition) is 0. The molecule has 6 heteroatoms. The van der Waals surface area contributed by atoms with Crippen molar-refractivity contribution in [1.82, 2.24) is 0 Å². The van der Waals surface area contributed by atoms with E-state index in [4.69, 9.17) is 9.47 Å². The van der Waals surface area contributed by atoms with Crippen LogP contribution in [0.5, 0.6) is 5.75 Å². The van der Waals surface area contributed by atoms with Crippen molar-refractivity contribution in [3.05, 3.63) is 35.2 Å². The highest BCUT2D eigenvalue weighted by Gasteiger charge is 2.21. The Kier molecular flexibility index (Phi) is 6.30. The Balaban J connectivity index is 3.04. The standard InChI is InChI=1S/C17H21FO5/c1-17(2,3)23-15(19)10-12(16(20)22-5)8-11-6-7-14(21-4)13(18)9-11/h6-9H,10H2,1-5H3/b12-8+. The molecule has 126 valence electrons. The molecule has 0 heterocycles. The van der Waals surface area contributed by atoms with Gasteiger partial charge in [0.2, 0.25) is 0 Å². The van der Waals surface area contributed by atoms with Gasteiger partial charge < -0.3 is 14.2 Å². The maximum Gasteiger partial charge on any atom is 0.334 e. The third kappa shape index (κ3) is 6.10. The minimum absolute atomic E-state index is 0.0753. The van der Waals surface area contributed by atoms with Crippen LogP contribution in [0.3, 0.4) is 0 Å². The van der Waals surface area contributed by atoms with Gasteiger partial charge in [0.15, 0.2) is 11.6 Å². The van der Waals surface area contributed by atoms with Crippen LogP contribution in [0, 0.1) is 5.82 Å². The first-order valence-corrected chi connectivity index (χ1v) is 7.00. The van der Waals surface area contributed by atoms with Crippen LogP contribution in [0.2, 0.25) is 0 Å². The van der Waals surface area contributed by atoms with E-state index in [2.05, 4.69) is 4.74 Å². The maximum absolute atomic E-state index is 13.7. The Morgan fingerprint density at radius 1 is 1.22 bits per heavy atom. The first-order chi connectivity index (χ1) is 10.7. The lowest BCUT2D eigenvalue weighted by atomic mass is 10.1. The van der Waals surface area contributed by atoms with Gasteiger partial charge in [-0.05, 0) is 44.5 Å². The van der Waals surface area contributed by atoms with Crippen LogP contribution in [0.4, 0.5) is 4.39 Å². The van der Waals surface area contributed by atoms with Gasteiger partial charge in [0, 0.05) is 5.57 Å². The normalized spacial score (nSPS) is 11.8. The predicted molar refractivity (Wildman–Crippen MR) is 83.4 cm³/mol. The van der Waals surface area contributed by atoms with Gasteiger partial charge in [-0.1, -0.05) is 6.07 Å². The number of esters is 2. The zero-order valence-corrected chi connectivity index (χ0v) is 13.9. The molecule has 0 fully saturated rings. The van der Waals surface area contributed by atoms with Crippen LogP contribution in [-0.2, 0) is 19.1 Å². The van der Waals surface area contributed by atoms with Crippen LogP contribution in [0.15, 0.2) is 23.8 Å². The second-order valence-corrected chi connectivity index (χ2v) is 5.82. The highest BCUT2D eigenvalue weighted by molar-refractivity contribution is 5.98. The third-order valence-corrected chi connectivity index (χ3v) is 2.72. The minimum atomic E-state index is -0.674. The smallest absolute Gasteiger partial charge is 0.334 e. The molecule has 0 bridgehead atoms. The zero-order valence-electron chi connectivity index (χ0n) is 13.9. The molecule has 0 saturated heterocycles. The summed E-state index contributed by atoms with van der Waals surface area (Å²) in [5.41, 5.74) is -0.177. The second-order valence-electron chi connectivity index (χ2n) is 5.82. The molecule has 0 amide bonds. The van der Waals surface area contributed by atoms with Gasteiger partial charge in [0.05, 0.1) is 20.6 Å². The Labute approximate surface area is 135 Å². The second kappa shape index (κ2) is 7.76. The zero-order chi connectivity index (χ0) is 17.6. The Bertz CT molecular complexity index is 614. The van der Waals surface area contributed by atoms with E-state index in [-0.39, 0.29) is 17.7 Å². The van der Waals surface area contributed by atoms with E-state index in [9.17, 15) is 14.0 Å². The van der Waals surface area contributed by atoms with E-state index in [1.54, 1.807) is 26.8 Å². The summed E-state index contributed by atoms with van der Waals surface area (Å²) in [6.07, 6.45) is 1.12. The van der Waals surface area contributed by atoms with Crippen molar-refractivity contribution >= 4 is 18.0 Å². The van der Waals surface area contributed by atoms with Crippen molar-refractivity contribution < 1.29 is 28.2 Å². The first-order valence-electron chi connectivity index (χ1n) is 7.00. The monoisotopic (exact) mass is 324 g/mol. The molecule has 0 radical (unpaired) electrons. The molecule has 5 nitrogen and oxygen atoms in total. The largest absolute Gasteiger partial charge is 0.494 e. The summed E-state index contributed by atoms with van der Waals surface area (Å²) in [7, 11) is 2.57. The minimum Gasteiger partial charge on any atom is -0.494 e. The number of methoxy groups -OCH3 is 2. The lowest BCUT2D eigenvalue weighted by Gasteiger charge is -2.19. The number of ether oxygens (including phenoxy) is 3. The van der Waals surface area contributed by atoms with Gasteiger partial charge in [0.25, 0.3) is 0 Å². The molecule has 0 N–H and O–H groups in total. The molecule has 0 atom stereocenters. The van der Waals surface area contributed by atoms with E-state index in [1.165, 1.54) is 32.4 Å². The van der Waals surface area contributed by atoms with E-state index in [0.29, 0.717) is 5.56 Å². The molecule has 0 aliphatic carbocycles. The number of halogens is 1. The fourth-order valence-corrected chi connectivity index (χ4v) is 1.82. The van der Waals surface area contributed by atoms with Crippen molar-refractivity contribution in [2.45, 2.75) is 32.8 Å². The fourth-order valence-electron chi connectivity index (χ4n) is 1.82. The molecule has 0 aromatic heterocycles. The maximum atomic E-state index is 13.7. The summed E-state index contributed by atoms with van der Waals surface area (Å²) >= 11 is 0. The summed E-state index contributed by atoms with van der Waals surface area (Å²) in [6, 6.07) is 4.21. The van der Waals surface area contributed by atoms with Crippen molar-refractivity contribution in [3.63, 3.8) is 0 Å². The number of carbonyl (C=O) groups excluding carboxylic acids is 2. The lowest BCUT2D eigenvalue weighted by Crippen LogP contribution is -2.24. The number of rotatable bonds is 5. The Hall–Kier alpha value is -2.37. The van der Waals surface area contributed by atoms with Crippen molar-refractivity contribution in [3.8, 4) is 5.75 Å². The summed E-state index contributed by atoms with van der Waals surface area (Å²) < 4.78 is 28.4. The van der Waals surface area contributed by atoms with Gasteiger partial charge in [-0.15, -0.1) is 0 Å². The van der Waals surface area contributed by atoms with Crippen molar-refractivity contribution in [1.29, 1.82) is 0 Å². The predicted octanol–water partition coefficient (Wildman–Crippen LogP) is 3.12. The Morgan fingerprint density at radius 3 is 2.35 bits per heavy atom. The van der Waals surface area contributed by atoms with Gasteiger partial charge >= 0.3 is 11.9 Å². The van der Waals surface area contributed by atoms with Crippen LogP contribution >= 0.6 is 0 Å².